The summed E-state index contributed by atoms with van der Waals surface area (Å²) in [6.07, 6.45) is 4.61. The Morgan fingerprint density at radius 3 is 2.59 bits per heavy atom. The number of urea groups is 1. The molecule has 3 rings (SSSR count). The van der Waals surface area contributed by atoms with Gasteiger partial charge in [0.2, 0.25) is 5.91 Å². The monoisotopic (exact) mass is 417 g/mol. The molecule has 1 aromatic carbocycles. The van der Waals surface area contributed by atoms with Gasteiger partial charge < -0.3 is 10.1 Å². The molecule has 0 bridgehead atoms. The molecule has 2 aromatic rings. The number of carbonyl (C=O) groups excluding carboxylic acids is 2. The Bertz CT molecular complexity index is 852. The number of thioether (sulfide) groups is 1. The van der Waals surface area contributed by atoms with Gasteiger partial charge >= 0.3 is 6.03 Å². The molecular weight excluding hydrogens is 390 g/mol. The van der Waals surface area contributed by atoms with Crippen LogP contribution in [0.5, 0.6) is 5.75 Å². The van der Waals surface area contributed by atoms with E-state index >= 15 is 0 Å². The van der Waals surface area contributed by atoms with Crippen LogP contribution in [0.3, 0.4) is 0 Å². The molecule has 0 saturated heterocycles. The van der Waals surface area contributed by atoms with Crippen molar-refractivity contribution in [2.45, 2.75) is 43.8 Å². The summed E-state index contributed by atoms with van der Waals surface area (Å²) in [5.41, 5.74) is 0.956. The van der Waals surface area contributed by atoms with E-state index in [9.17, 15) is 9.59 Å². The number of nitrogens with one attached hydrogen (secondary N) is 2. The highest BCUT2D eigenvalue weighted by atomic mass is 32.2. The molecule has 29 heavy (non-hydrogen) atoms. The third kappa shape index (κ3) is 5.09. The number of nitrogens with zero attached hydrogens (tertiary/aromatic N) is 3. The molecule has 1 heterocycles. The van der Waals surface area contributed by atoms with Crippen molar-refractivity contribution >= 4 is 23.7 Å². The van der Waals surface area contributed by atoms with E-state index in [-0.39, 0.29) is 17.7 Å². The maximum atomic E-state index is 12.0. The van der Waals surface area contributed by atoms with Crippen molar-refractivity contribution in [3.05, 3.63) is 24.3 Å². The number of benzene rings is 1. The van der Waals surface area contributed by atoms with Crippen molar-refractivity contribution in [1.82, 2.24) is 25.4 Å². The predicted octanol–water partition coefficient (Wildman–Crippen LogP) is 3.25. The van der Waals surface area contributed by atoms with Crippen molar-refractivity contribution in [2.24, 2.45) is 5.92 Å². The lowest BCUT2D eigenvalue weighted by molar-refractivity contribution is -0.117. The van der Waals surface area contributed by atoms with Gasteiger partial charge in [-0.1, -0.05) is 31.5 Å². The molecular formula is C20H27N5O3S. The molecule has 1 aliphatic carbocycles. The fourth-order valence-corrected chi connectivity index (χ4v) is 4.44. The molecule has 156 valence electrons. The molecule has 1 aromatic heterocycles. The van der Waals surface area contributed by atoms with Gasteiger partial charge in [0.15, 0.2) is 11.0 Å². The minimum absolute atomic E-state index is 0.0925. The first-order valence-electron chi connectivity index (χ1n) is 9.77. The maximum absolute atomic E-state index is 12.0. The fraction of sp³-hybridized carbons (Fsp3) is 0.500. The van der Waals surface area contributed by atoms with Crippen molar-refractivity contribution in [3.63, 3.8) is 0 Å². The van der Waals surface area contributed by atoms with Crippen molar-refractivity contribution in [2.75, 3.05) is 19.9 Å². The van der Waals surface area contributed by atoms with E-state index in [0.29, 0.717) is 11.1 Å². The lowest BCUT2D eigenvalue weighted by Gasteiger charge is -2.31. The Hall–Kier alpha value is -2.55. The van der Waals surface area contributed by atoms with Crippen LogP contribution in [0.25, 0.3) is 11.4 Å². The number of rotatable bonds is 6. The molecule has 0 spiro atoms. The fourth-order valence-electron chi connectivity index (χ4n) is 3.65. The van der Waals surface area contributed by atoms with Crippen LogP contribution < -0.4 is 15.4 Å². The summed E-state index contributed by atoms with van der Waals surface area (Å²) >= 11 is 1.30. The molecule has 8 nitrogen and oxygen atoms in total. The third-order valence-corrected chi connectivity index (χ3v) is 6.17. The summed E-state index contributed by atoms with van der Waals surface area (Å²) in [6.45, 7) is 2.26. The highest BCUT2D eigenvalue weighted by molar-refractivity contribution is 7.99. The molecule has 1 saturated carbocycles. The first kappa shape index (κ1) is 21.2. The third-order valence-electron chi connectivity index (χ3n) is 5.22. The second-order valence-electron chi connectivity index (χ2n) is 7.15. The number of imide groups is 1. The van der Waals surface area contributed by atoms with Crippen LogP contribution >= 0.6 is 11.8 Å². The largest absolute Gasteiger partial charge is 0.497 e. The van der Waals surface area contributed by atoms with Gasteiger partial charge in [0.25, 0.3) is 0 Å². The zero-order valence-electron chi connectivity index (χ0n) is 17.0. The summed E-state index contributed by atoms with van der Waals surface area (Å²) in [5.74, 6) is 1.80. The normalized spacial score (nSPS) is 18.9. The molecule has 1 aliphatic rings. The van der Waals surface area contributed by atoms with Crippen molar-refractivity contribution < 1.29 is 14.3 Å². The van der Waals surface area contributed by atoms with Gasteiger partial charge in [0.05, 0.1) is 12.9 Å². The van der Waals surface area contributed by atoms with Crippen LogP contribution in [-0.2, 0) is 4.79 Å². The first-order chi connectivity index (χ1) is 14.0. The summed E-state index contributed by atoms with van der Waals surface area (Å²) in [7, 11) is 3.11. The van der Waals surface area contributed by atoms with Crippen LogP contribution in [0.4, 0.5) is 4.79 Å². The smallest absolute Gasteiger partial charge is 0.321 e. The van der Waals surface area contributed by atoms with Gasteiger partial charge in [0, 0.05) is 18.7 Å². The van der Waals surface area contributed by atoms with Crippen LogP contribution in [-0.4, -0.2) is 46.6 Å². The number of carbonyl (C=O) groups is 2. The second-order valence-corrected chi connectivity index (χ2v) is 8.09. The Balaban J connectivity index is 1.88. The summed E-state index contributed by atoms with van der Waals surface area (Å²) in [6, 6.07) is 7.52. The van der Waals surface area contributed by atoms with E-state index in [2.05, 4.69) is 32.3 Å². The highest BCUT2D eigenvalue weighted by Crippen LogP contribution is 2.39. The zero-order chi connectivity index (χ0) is 20.8. The van der Waals surface area contributed by atoms with Gasteiger partial charge in [0.1, 0.15) is 5.75 Å². The van der Waals surface area contributed by atoms with Crippen LogP contribution in [0.15, 0.2) is 29.4 Å². The number of ether oxygens (including phenoxy) is 1. The van der Waals surface area contributed by atoms with Crippen LogP contribution in [0, 0.1) is 5.92 Å². The molecule has 3 amide bonds. The SMILES string of the molecule is CNC(=O)NC(=O)CSc1nnc(-c2ccc(OC)cc2)n1[C@@H]1CCCC[C@H]1C. The number of methoxy groups -OCH3 is 1. The van der Waals surface area contributed by atoms with E-state index in [0.717, 1.165) is 36.4 Å². The van der Waals surface area contributed by atoms with Crippen LogP contribution in [0.2, 0.25) is 0 Å². The van der Waals surface area contributed by atoms with Gasteiger partial charge in [-0.05, 0) is 43.0 Å². The Labute approximate surface area is 174 Å². The lowest BCUT2D eigenvalue weighted by Crippen LogP contribution is -2.38. The number of hydrogen-bond acceptors (Lipinski definition) is 6. The molecule has 0 aliphatic heterocycles. The molecule has 0 radical (unpaired) electrons. The van der Waals surface area contributed by atoms with E-state index < -0.39 is 6.03 Å². The van der Waals surface area contributed by atoms with Gasteiger partial charge in [-0.3, -0.25) is 14.7 Å². The summed E-state index contributed by atoms with van der Waals surface area (Å²) in [4.78, 5) is 23.4. The Morgan fingerprint density at radius 2 is 1.93 bits per heavy atom. The average molecular weight is 418 g/mol. The zero-order valence-corrected chi connectivity index (χ0v) is 17.8. The van der Waals surface area contributed by atoms with Crippen molar-refractivity contribution in [1.29, 1.82) is 0 Å². The number of amides is 3. The second kappa shape index (κ2) is 9.78. The summed E-state index contributed by atoms with van der Waals surface area (Å²) in [5, 5.41) is 14.2. The quantitative estimate of drug-likeness (QED) is 0.700. The van der Waals surface area contributed by atoms with E-state index in [1.54, 1.807) is 7.11 Å². The van der Waals surface area contributed by atoms with E-state index in [4.69, 9.17) is 4.74 Å². The lowest BCUT2D eigenvalue weighted by atomic mass is 9.85. The molecule has 1 fully saturated rings. The topological polar surface area (TPSA) is 98.1 Å². The Kier molecular flexibility index (Phi) is 7.13. The number of aromatic nitrogens is 3. The molecule has 2 atom stereocenters. The highest BCUT2D eigenvalue weighted by Gasteiger charge is 2.29. The van der Waals surface area contributed by atoms with E-state index in [1.165, 1.54) is 25.2 Å². The minimum atomic E-state index is -0.517. The number of hydrogen-bond donors (Lipinski definition) is 2. The van der Waals surface area contributed by atoms with Crippen molar-refractivity contribution in [3.8, 4) is 17.1 Å². The molecule has 9 heteroatoms. The Morgan fingerprint density at radius 1 is 1.21 bits per heavy atom. The maximum Gasteiger partial charge on any atom is 0.321 e. The average Bonchev–Trinajstić information content (AvgIpc) is 3.16. The van der Waals surface area contributed by atoms with Gasteiger partial charge in [-0.25, -0.2) is 4.79 Å². The predicted molar refractivity (Wildman–Crippen MR) is 112 cm³/mol. The van der Waals surface area contributed by atoms with Gasteiger partial charge in [-0.15, -0.1) is 10.2 Å². The molecule has 2 N–H and O–H groups in total. The minimum Gasteiger partial charge on any atom is -0.497 e. The summed E-state index contributed by atoms with van der Waals surface area (Å²) < 4.78 is 7.43. The molecule has 0 unspecified atom stereocenters. The van der Waals surface area contributed by atoms with Gasteiger partial charge in [-0.2, -0.15) is 0 Å². The van der Waals surface area contributed by atoms with Crippen LogP contribution in [0.1, 0.15) is 38.6 Å². The van der Waals surface area contributed by atoms with E-state index in [1.807, 2.05) is 24.3 Å². The first-order valence-corrected chi connectivity index (χ1v) is 10.8. The standard InChI is InChI=1S/C20H27N5O3S/c1-13-6-4-5-7-16(13)25-18(14-8-10-15(28-3)11-9-14)23-24-20(25)29-12-17(26)22-19(27)21-2/h8-11,13,16H,4-7,12H2,1-3H3,(H2,21,22,26,27)/t13-,16-/m1/s1.